The van der Waals surface area contributed by atoms with E-state index in [0.29, 0.717) is 0 Å². The fourth-order valence-corrected chi connectivity index (χ4v) is 0.937. The van der Waals surface area contributed by atoms with Crippen molar-refractivity contribution in [2.45, 2.75) is 94.3 Å². The van der Waals surface area contributed by atoms with Crippen LogP contribution in [0, 0.1) is 10.8 Å². The van der Waals surface area contributed by atoms with Crippen LogP contribution in [0.15, 0.2) is 0 Å². The number of hydrogen-bond donors (Lipinski definition) is 2. The summed E-state index contributed by atoms with van der Waals surface area (Å²) < 4.78 is 8.71. The largest absolute Gasteiger partial charge is 0.469 e. The van der Waals surface area contributed by atoms with E-state index in [1.165, 1.54) is 14.2 Å². The van der Waals surface area contributed by atoms with Crippen LogP contribution in [0.3, 0.4) is 0 Å². The summed E-state index contributed by atoms with van der Waals surface area (Å²) in [4.78, 5) is 43.5. The Morgan fingerprint density at radius 3 is 0.903 bits per heavy atom. The molecule has 0 spiro atoms. The zero-order chi connectivity index (χ0) is 25.3. The fourth-order valence-electron chi connectivity index (χ4n) is 0.937. The second-order valence-electron chi connectivity index (χ2n) is 9.04. The molecule has 0 aliphatic rings. The summed E-state index contributed by atoms with van der Waals surface area (Å²) in [6.45, 7) is 17.5. The minimum absolute atomic E-state index is 0. The van der Waals surface area contributed by atoms with Crippen LogP contribution in [0.1, 0.15) is 82.1 Å². The van der Waals surface area contributed by atoms with Crippen LogP contribution in [-0.2, 0) is 50.4 Å². The first-order valence-corrected chi connectivity index (χ1v) is 9.78. The Morgan fingerprint density at radius 2 is 0.806 bits per heavy atom. The van der Waals surface area contributed by atoms with Gasteiger partial charge in [-0.1, -0.05) is 41.5 Å². The summed E-state index contributed by atoms with van der Waals surface area (Å²) in [5.41, 5.74) is -0.900. The zero-order valence-corrected chi connectivity index (χ0v) is 23.0. The van der Waals surface area contributed by atoms with Crippen LogP contribution in [0.5, 0.6) is 0 Å². The van der Waals surface area contributed by atoms with Gasteiger partial charge in [0, 0.05) is 44.8 Å². The third-order valence-corrected chi connectivity index (χ3v) is 2.74. The molecule has 8 nitrogen and oxygen atoms in total. The van der Waals surface area contributed by atoms with Gasteiger partial charge in [0.05, 0.1) is 14.2 Å². The number of aliphatic hydroxyl groups is 2. The Hall–Kier alpha value is -1.09. The summed E-state index contributed by atoms with van der Waals surface area (Å²) in [6, 6.07) is 0. The molecule has 0 unspecified atom stereocenters. The van der Waals surface area contributed by atoms with E-state index in [4.69, 9.17) is 10.2 Å². The number of methoxy groups -OCH3 is 2. The molecule has 184 valence electrons. The molecule has 0 aromatic heterocycles. The normalized spacial score (nSPS) is 10.1. The van der Waals surface area contributed by atoms with E-state index < -0.39 is 22.8 Å². The molecule has 0 amide bonds. The Kier molecular flexibility index (Phi) is 27.0. The number of carbonyl (C=O) groups is 4. The molecule has 9 heteroatoms. The standard InChI is InChI=1S/2C8H14O3.2C3H8O.Ti/c2*1-8(2,3)6(9)5-7(10)11-4;2*1-3(2)4;/h2*5H2,1-4H3;2*3-4H,1-2H3;. The summed E-state index contributed by atoms with van der Waals surface area (Å²) in [7, 11) is 2.55. The zero-order valence-electron chi connectivity index (χ0n) is 21.4. The van der Waals surface area contributed by atoms with Gasteiger partial charge in [0.15, 0.2) is 0 Å². The van der Waals surface area contributed by atoms with Crippen molar-refractivity contribution in [3.8, 4) is 0 Å². The average molecular weight is 484 g/mol. The summed E-state index contributed by atoms with van der Waals surface area (Å²) in [5, 5.41) is 16.1. The topological polar surface area (TPSA) is 127 Å². The van der Waals surface area contributed by atoms with Gasteiger partial charge in [-0.2, -0.15) is 0 Å². The number of ketones is 2. The number of aliphatic hydroxyl groups excluding tert-OH is 2. The number of rotatable bonds is 4. The Morgan fingerprint density at radius 1 is 0.645 bits per heavy atom. The first kappa shape index (κ1) is 40.3. The predicted octanol–water partition coefficient (Wildman–Crippen LogP) is 3.10. The van der Waals surface area contributed by atoms with Gasteiger partial charge in [-0.3, -0.25) is 19.2 Å². The summed E-state index contributed by atoms with van der Waals surface area (Å²) in [5.74, 6) is -1.12. The third-order valence-electron chi connectivity index (χ3n) is 2.74. The Labute approximate surface area is 203 Å². The minimum atomic E-state index is -0.468. The maximum Gasteiger partial charge on any atom is 0.313 e. The van der Waals surface area contributed by atoms with Crippen molar-refractivity contribution < 1.29 is 60.6 Å². The number of Topliss-reactive ketones (excluding diaryl/α,β-unsaturated/α-hetero) is 2. The molecule has 0 fully saturated rings. The molecule has 2 N–H and O–H groups in total. The number of carbonyl (C=O) groups excluding carboxylic acids is 4. The van der Waals surface area contributed by atoms with Crippen LogP contribution in [0.25, 0.3) is 0 Å². The first-order valence-electron chi connectivity index (χ1n) is 9.78. The average Bonchev–Trinajstić information content (AvgIpc) is 2.52. The molecule has 31 heavy (non-hydrogen) atoms. The van der Waals surface area contributed by atoms with E-state index in [-0.39, 0.29) is 58.3 Å². The predicted molar refractivity (Wildman–Crippen MR) is 117 cm³/mol. The van der Waals surface area contributed by atoms with Gasteiger partial charge in [0.25, 0.3) is 0 Å². The van der Waals surface area contributed by atoms with E-state index in [1.807, 2.05) is 0 Å². The van der Waals surface area contributed by atoms with Crippen molar-refractivity contribution in [2.75, 3.05) is 14.2 Å². The van der Waals surface area contributed by atoms with E-state index in [0.717, 1.165) is 0 Å². The van der Waals surface area contributed by atoms with E-state index in [2.05, 4.69) is 9.47 Å². The Balaban J connectivity index is -0.000000106. The smallest absolute Gasteiger partial charge is 0.313 e. The van der Waals surface area contributed by atoms with Crippen LogP contribution < -0.4 is 0 Å². The van der Waals surface area contributed by atoms with Gasteiger partial charge in [-0.15, -0.1) is 0 Å². The van der Waals surface area contributed by atoms with Gasteiger partial charge in [-0.05, 0) is 27.7 Å². The summed E-state index contributed by atoms with van der Waals surface area (Å²) in [6.07, 6.45) is -0.583. The fraction of sp³-hybridized carbons (Fsp3) is 0.818. The van der Waals surface area contributed by atoms with E-state index >= 15 is 0 Å². The first-order chi connectivity index (χ1) is 13.2. The van der Waals surface area contributed by atoms with Crippen molar-refractivity contribution in [2.24, 2.45) is 10.8 Å². The second kappa shape index (κ2) is 20.8. The number of ether oxygens (including phenoxy) is 2. The molecule has 0 bridgehead atoms. The third kappa shape index (κ3) is 39.9. The molecule has 0 aliphatic heterocycles. The SMILES string of the molecule is CC(C)O.CC(C)O.COC(=O)CC(=O)C(C)(C)C.COC(=O)CC(=O)C(C)(C)C.[Ti]. The summed E-state index contributed by atoms with van der Waals surface area (Å²) >= 11 is 0. The van der Waals surface area contributed by atoms with Crippen molar-refractivity contribution >= 4 is 23.5 Å². The van der Waals surface area contributed by atoms with Crippen molar-refractivity contribution in [1.29, 1.82) is 0 Å². The molecule has 0 atom stereocenters. The van der Waals surface area contributed by atoms with Crippen molar-refractivity contribution in [3.63, 3.8) is 0 Å². The maximum absolute atomic E-state index is 11.1. The maximum atomic E-state index is 11.1. The molecular formula is C22H44O8Ti. The van der Waals surface area contributed by atoms with Crippen molar-refractivity contribution in [1.82, 2.24) is 0 Å². The molecule has 0 aliphatic carbocycles. The van der Waals surface area contributed by atoms with Crippen LogP contribution in [0.2, 0.25) is 0 Å². The molecular weight excluding hydrogens is 440 g/mol. The quantitative estimate of drug-likeness (QED) is 0.354. The molecule has 0 aromatic carbocycles. The molecule has 0 saturated heterocycles. The van der Waals surface area contributed by atoms with Crippen molar-refractivity contribution in [3.05, 3.63) is 0 Å². The minimum Gasteiger partial charge on any atom is -0.469 e. The molecule has 0 radical (unpaired) electrons. The number of hydrogen-bond acceptors (Lipinski definition) is 8. The Bertz CT molecular complexity index is 449. The van der Waals surface area contributed by atoms with E-state index in [9.17, 15) is 19.2 Å². The van der Waals surface area contributed by atoms with Crippen LogP contribution in [-0.4, -0.2) is 60.1 Å². The molecule has 0 aromatic rings. The van der Waals surface area contributed by atoms with Crippen LogP contribution >= 0.6 is 0 Å². The van der Waals surface area contributed by atoms with Gasteiger partial charge in [0.2, 0.25) is 0 Å². The molecule has 0 rings (SSSR count). The van der Waals surface area contributed by atoms with Crippen LogP contribution in [0.4, 0.5) is 0 Å². The molecule has 0 saturated carbocycles. The molecule has 0 heterocycles. The van der Waals surface area contributed by atoms with Gasteiger partial charge in [0.1, 0.15) is 24.4 Å². The second-order valence-corrected chi connectivity index (χ2v) is 9.04. The number of esters is 2. The van der Waals surface area contributed by atoms with Gasteiger partial charge in [-0.25, -0.2) is 0 Å². The van der Waals surface area contributed by atoms with E-state index in [1.54, 1.807) is 69.2 Å². The van der Waals surface area contributed by atoms with Gasteiger partial charge < -0.3 is 19.7 Å². The monoisotopic (exact) mass is 484 g/mol. The van der Waals surface area contributed by atoms with Gasteiger partial charge >= 0.3 is 11.9 Å².